The van der Waals surface area contributed by atoms with Crippen LogP contribution in [0.5, 0.6) is 0 Å². The van der Waals surface area contributed by atoms with Crippen LogP contribution in [0.3, 0.4) is 0 Å². The van der Waals surface area contributed by atoms with E-state index in [2.05, 4.69) is 31.8 Å². The quantitative estimate of drug-likeness (QED) is 0.906. The van der Waals surface area contributed by atoms with E-state index in [-0.39, 0.29) is 0 Å². The summed E-state index contributed by atoms with van der Waals surface area (Å²) in [5.41, 5.74) is 5.97. The summed E-state index contributed by atoms with van der Waals surface area (Å²) in [6, 6.07) is 3.88. The number of nitrogens with zero attached hydrogens (tertiary/aromatic N) is 6. The van der Waals surface area contributed by atoms with Gasteiger partial charge in [0.2, 0.25) is 5.95 Å². The van der Waals surface area contributed by atoms with Gasteiger partial charge in [-0.2, -0.15) is 15.1 Å². The number of likely N-dealkylation sites (tertiary alicyclic amines) is 1. The number of anilines is 2. The van der Waals surface area contributed by atoms with Crippen molar-refractivity contribution in [2.45, 2.75) is 32.6 Å². The van der Waals surface area contributed by atoms with Crippen LogP contribution in [0.4, 0.5) is 11.8 Å². The average Bonchev–Trinajstić information content (AvgIpc) is 3.18. The first-order chi connectivity index (χ1) is 12.7. The Labute approximate surface area is 155 Å². The molecule has 4 heterocycles. The smallest absolute Gasteiger partial charge is 0.224 e. The van der Waals surface area contributed by atoms with Gasteiger partial charge in [0, 0.05) is 38.1 Å². The summed E-state index contributed by atoms with van der Waals surface area (Å²) in [6.07, 6.45) is 8.81. The van der Waals surface area contributed by atoms with Crippen molar-refractivity contribution in [2.75, 3.05) is 43.4 Å². The number of rotatable bonds is 4. The number of nitrogen functional groups attached to an aromatic ring is 1. The van der Waals surface area contributed by atoms with E-state index in [1.807, 2.05) is 18.3 Å². The first kappa shape index (κ1) is 17.3. The van der Waals surface area contributed by atoms with Crippen molar-refractivity contribution in [2.24, 2.45) is 11.8 Å². The Morgan fingerprint density at radius 3 is 2.69 bits per heavy atom. The second-order valence-electron chi connectivity index (χ2n) is 7.83. The van der Waals surface area contributed by atoms with Gasteiger partial charge in [-0.25, -0.2) is 4.68 Å². The lowest BCUT2D eigenvalue weighted by Crippen LogP contribution is -2.43. The molecule has 0 saturated carbocycles. The molecule has 26 heavy (non-hydrogen) atoms. The molecule has 7 nitrogen and oxygen atoms in total. The zero-order chi connectivity index (χ0) is 17.9. The summed E-state index contributed by atoms with van der Waals surface area (Å²) in [5.74, 6) is 3.53. The molecule has 2 saturated heterocycles. The first-order valence-electron chi connectivity index (χ1n) is 9.79. The Bertz CT molecular complexity index is 707. The van der Waals surface area contributed by atoms with Crippen LogP contribution in [0.25, 0.3) is 5.82 Å². The van der Waals surface area contributed by atoms with Crippen LogP contribution >= 0.6 is 0 Å². The maximum absolute atomic E-state index is 5.97. The molecule has 0 amide bonds. The zero-order valence-corrected chi connectivity index (χ0v) is 15.6. The van der Waals surface area contributed by atoms with Crippen LogP contribution in [-0.2, 0) is 0 Å². The molecule has 4 rings (SSSR count). The largest absolute Gasteiger partial charge is 0.368 e. The SMILES string of the molecule is CC1CCN(CC2CCCN(c3cc(-n4cccn4)nc(N)n3)C2)CC1. The van der Waals surface area contributed by atoms with Gasteiger partial charge < -0.3 is 15.5 Å². The molecule has 7 heteroatoms. The highest BCUT2D eigenvalue weighted by Crippen LogP contribution is 2.25. The topological polar surface area (TPSA) is 76.1 Å². The monoisotopic (exact) mass is 355 g/mol. The lowest BCUT2D eigenvalue weighted by Gasteiger charge is -2.38. The number of nitrogens with two attached hydrogens (primary N) is 1. The third-order valence-electron chi connectivity index (χ3n) is 5.69. The summed E-state index contributed by atoms with van der Waals surface area (Å²) in [6.45, 7) is 8.15. The Kier molecular flexibility index (Phi) is 5.06. The van der Waals surface area contributed by atoms with Crippen LogP contribution in [-0.4, -0.2) is 57.4 Å². The van der Waals surface area contributed by atoms with Gasteiger partial charge in [-0.15, -0.1) is 0 Å². The molecule has 1 atom stereocenters. The van der Waals surface area contributed by atoms with Crippen LogP contribution in [0.1, 0.15) is 32.6 Å². The number of aromatic nitrogens is 4. The van der Waals surface area contributed by atoms with Gasteiger partial charge in [0.25, 0.3) is 0 Å². The fraction of sp³-hybridized carbons (Fsp3) is 0.632. The summed E-state index contributed by atoms with van der Waals surface area (Å²) < 4.78 is 1.73. The molecule has 2 aliphatic rings. The Hall–Kier alpha value is -2.15. The average molecular weight is 355 g/mol. The van der Waals surface area contributed by atoms with E-state index in [9.17, 15) is 0 Å². The van der Waals surface area contributed by atoms with Crippen LogP contribution in [0, 0.1) is 11.8 Å². The highest BCUT2D eigenvalue weighted by Gasteiger charge is 2.25. The number of hydrogen-bond acceptors (Lipinski definition) is 6. The van der Waals surface area contributed by atoms with E-state index < -0.39 is 0 Å². The van der Waals surface area contributed by atoms with Crippen molar-refractivity contribution < 1.29 is 0 Å². The number of hydrogen-bond donors (Lipinski definition) is 1. The second-order valence-corrected chi connectivity index (χ2v) is 7.83. The summed E-state index contributed by atoms with van der Waals surface area (Å²) >= 11 is 0. The first-order valence-corrected chi connectivity index (χ1v) is 9.79. The molecule has 2 aliphatic heterocycles. The molecular formula is C19H29N7. The fourth-order valence-corrected chi connectivity index (χ4v) is 4.16. The molecule has 0 bridgehead atoms. The van der Waals surface area contributed by atoms with Gasteiger partial charge in [0.15, 0.2) is 5.82 Å². The molecule has 1 unspecified atom stereocenters. The van der Waals surface area contributed by atoms with Crippen molar-refractivity contribution in [1.82, 2.24) is 24.6 Å². The van der Waals surface area contributed by atoms with E-state index in [1.54, 1.807) is 10.9 Å². The molecule has 2 N–H and O–H groups in total. The molecule has 2 aromatic rings. The van der Waals surface area contributed by atoms with E-state index in [0.29, 0.717) is 11.9 Å². The van der Waals surface area contributed by atoms with Gasteiger partial charge in [-0.3, -0.25) is 0 Å². The van der Waals surface area contributed by atoms with Crippen LogP contribution < -0.4 is 10.6 Å². The predicted octanol–water partition coefficient (Wildman–Crippen LogP) is 2.19. The highest BCUT2D eigenvalue weighted by atomic mass is 15.3. The predicted molar refractivity (Wildman–Crippen MR) is 103 cm³/mol. The molecule has 2 aromatic heterocycles. The third kappa shape index (κ3) is 3.98. The van der Waals surface area contributed by atoms with Gasteiger partial charge >= 0.3 is 0 Å². The Morgan fingerprint density at radius 1 is 1.12 bits per heavy atom. The standard InChI is InChI=1S/C19H29N7/c1-15-5-10-24(11-6-15)13-16-4-2-8-25(14-16)17-12-18(23-19(20)22-17)26-9-3-7-21-26/h3,7,9,12,15-16H,2,4-6,8,10-11,13-14H2,1H3,(H2,20,22,23). The van der Waals surface area contributed by atoms with Gasteiger partial charge in [-0.1, -0.05) is 6.92 Å². The summed E-state index contributed by atoms with van der Waals surface area (Å²) in [7, 11) is 0. The minimum absolute atomic E-state index is 0.306. The third-order valence-corrected chi connectivity index (χ3v) is 5.69. The number of piperidine rings is 2. The summed E-state index contributed by atoms with van der Waals surface area (Å²) in [4.78, 5) is 13.8. The van der Waals surface area contributed by atoms with Gasteiger partial charge in [0.05, 0.1) is 0 Å². The highest BCUT2D eigenvalue weighted by molar-refractivity contribution is 5.48. The molecular weight excluding hydrogens is 326 g/mol. The molecule has 0 aliphatic carbocycles. The Morgan fingerprint density at radius 2 is 1.92 bits per heavy atom. The molecule has 0 spiro atoms. The summed E-state index contributed by atoms with van der Waals surface area (Å²) in [5, 5.41) is 4.26. The van der Waals surface area contributed by atoms with Crippen molar-refractivity contribution in [1.29, 1.82) is 0 Å². The molecule has 140 valence electrons. The minimum Gasteiger partial charge on any atom is -0.368 e. The molecule has 0 aromatic carbocycles. The van der Waals surface area contributed by atoms with Crippen LogP contribution in [0.15, 0.2) is 24.5 Å². The van der Waals surface area contributed by atoms with E-state index in [0.717, 1.165) is 30.6 Å². The van der Waals surface area contributed by atoms with E-state index in [4.69, 9.17) is 5.73 Å². The molecule has 0 radical (unpaired) electrons. The normalized spacial score (nSPS) is 22.7. The van der Waals surface area contributed by atoms with E-state index >= 15 is 0 Å². The maximum atomic E-state index is 5.97. The fourth-order valence-electron chi connectivity index (χ4n) is 4.16. The lowest BCUT2D eigenvalue weighted by molar-refractivity contribution is 0.159. The molecule has 2 fully saturated rings. The van der Waals surface area contributed by atoms with Gasteiger partial charge in [-0.05, 0) is 56.7 Å². The van der Waals surface area contributed by atoms with Crippen molar-refractivity contribution in [3.05, 3.63) is 24.5 Å². The Balaban J connectivity index is 1.44. The second kappa shape index (κ2) is 7.61. The van der Waals surface area contributed by atoms with Crippen molar-refractivity contribution >= 4 is 11.8 Å². The lowest BCUT2D eigenvalue weighted by atomic mass is 9.94. The van der Waals surface area contributed by atoms with Crippen molar-refractivity contribution in [3.63, 3.8) is 0 Å². The van der Waals surface area contributed by atoms with Crippen molar-refractivity contribution in [3.8, 4) is 5.82 Å². The van der Waals surface area contributed by atoms with E-state index in [1.165, 1.54) is 45.3 Å². The maximum Gasteiger partial charge on any atom is 0.224 e. The minimum atomic E-state index is 0.306. The van der Waals surface area contributed by atoms with Gasteiger partial charge in [0.1, 0.15) is 5.82 Å². The zero-order valence-electron chi connectivity index (χ0n) is 15.6. The van der Waals surface area contributed by atoms with Crippen LogP contribution in [0.2, 0.25) is 0 Å².